The first kappa shape index (κ1) is 11.6. The van der Waals surface area contributed by atoms with Crippen LogP contribution in [0.4, 0.5) is 11.4 Å². The highest BCUT2D eigenvalue weighted by molar-refractivity contribution is 5.62. The zero-order valence-corrected chi connectivity index (χ0v) is 10.2. The van der Waals surface area contributed by atoms with Crippen molar-refractivity contribution in [2.75, 3.05) is 5.32 Å². The molecule has 1 aromatic carbocycles. The van der Waals surface area contributed by atoms with Crippen LogP contribution in [-0.4, -0.2) is 9.91 Å². The predicted molar refractivity (Wildman–Crippen MR) is 72.0 cm³/mol. The van der Waals surface area contributed by atoms with Crippen LogP contribution in [0.1, 0.15) is 23.7 Å². The van der Waals surface area contributed by atoms with E-state index in [1.54, 1.807) is 24.4 Å². The van der Waals surface area contributed by atoms with Gasteiger partial charge in [0.15, 0.2) is 0 Å². The lowest BCUT2D eigenvalue weighted by Crippen LogP contribution is -2.09. The molecule has 0 spiro atoms. The smallest absolute Gasteiger partial charge is 0.292 e. The molecule has 1 unspecified atom stereocenters. The van der Waals surface area contributed by atoms with Crippen molar-refractivity contribution in [3.63, 3.8) is 0 Å². The highest BCUT2D eigenvalue weighted by Crippen LogP contribution is 2.34. The van der Waals surface area contributed by atoms with Gasteiger partial charge in [-0.1, -0.05) is 18.2 Å². The molecule has 0 aliphatic heterocycles. The van der Waals surface area contributed by atoms with Gasteiger partial charge >= 0.3 is 0 Å². The number of aromatic nitrogens is 1. The molecule has 5 heteroatoms. The molecule has 0 saturated heterocycles. The Balaban J connectivity index is 1.90. The maximum atomic E-state index is 11.0. The van der Waals surface area contributed by atoms with Crippen molar-refractivity contribution in [1.82, 2.24) is 4.98 Å². The molecule has 1 aromatic heterocycles. The lowest BCUT2D eigenvalue weighted by Gasteiger charge is -2.14. The van der Waals surface area contributed by atoms with Crippen LogP contribution in [0.15, 0.2) is 42.6 Å². The second-order valence-electron chi connectivity index (χ2n) is 4.56. The van der Waals surface area contributed by atoms with E-state index in [1.165, 1.54) is 11.6 Å². The van der Waals surface area contributed by atoms with E-state index >= 15 is 0 Å². The largest absolute Gasteiger partial charge is 0.371 e. The van der Waals surface area contributed by atoms with Gasteiger partial charge in [0, 0.05) is 12.3 Å². The van der Waals surface area contributed by atoms with Crippen molar-refractivity contribution >= 4 is 11.4 Å². The lowest BCUT2D eigenvalue weighted by molar-refractivity contribution is -0.384. The highest BCUT2D eigenvalue weighted by Gasteiger charge is 2.25. The maximum Gasteiger partial charge on any atom is 0.292 e. The molecule has 1 heterocycles. The zero-order valence-electron chi connectivity index (χ0n) is 10.2. The average molecular weight is 255 g/mol. The van der Waals surface area contributed by atoms with Gasteiger partial charge in [-0.25, -0.2) is 0 Å². The molecular weight excluding hydrogens is 242 g/mol. The van der Waals surface area contributed by atoms with Crippen LogP contribution in [0.5, 0.6) is 0 Å². The monoisotopic (exact) mass is 255 g/mol. The first-order chi connectivity index (χ1) is 9.25. The molecule has 19 heavy (non-hydrogen) atoms. The number of rotatable bonds is 3. The number of para-hydroxylation sites is 2. The first-order valence-electron chi connectivity index (χ1n) is 6.19. The molecular formula is C14H13N3O2. The van der Waals surface area contributed by atoms with Crippen molar-refractivity contribution in [2.24, 2.45) is 0 Å². The van der Waals surface area contributed by atoms with Gasteiger partial charge in [-0.15, -0.1) is 0 Å². The van der Waals surface area contributed by atoms with Gasteiger partial charge in [0.1, 0.15) is 5.69 Å². The van der Waals surface area contributed by atoms with Crippen molar-refractivity contribution < 1.29 is 4.92 Å². The number of nitro benzene ring substituents is 1. The number of nitro groups is 1. The Labute approximate surface area is 110 Å². The number of aryl methyl sites for hydroxylation is 1. The summed E-state index contributed by atoms with van der Waals surface area (Å²) < 4.78 is 0. The Morgan fingerprint density at radius 1 is 1.26 bits per heavy atom. The van der Waals surface area contributed by atoms with E-state index < -0.39 is 0 Å². The molecule has 3 rings (SSSR count). The summed E-state index contributed by atoms with van der Waals surface area (Å²) in [5.74, 6) is 0. The van der Waals surface area contributed by atoms with Gasteiger partial charge in [0.05, 0.1) is 16.7 Å². The molecule has 0 bridgehead atoms. The summed E-state index contributed by atoms with van der Waals surface area (Å²) in [6.07, 6.45) is 3.64. The minimum Gasteiger partial charge on any atom is -0.371 e. The van der Waals surface area contributed by atoms with E-state index in [0.29, 0.717) is 5.69 Å². The minimum absolute atomic E-state index is 0.0531. The van der Waals surface area contributed by atoms with Gasteiger partial charge in [-0.3, -0.25) is 15.1 Å². The molecule has 0 amide bonds. The molecule has 1 aliphatic rings. The molecule has 1 aliphatic carbocycles. The van der Waals surface area contributed by atoms with Crippen LogP contribution in [0.2, 0.25) is 0 Å². The van der Waals surface area contributed by atoms with Crippen LogP contribution in [-0.2, 0) is 6.42 Å². The Bertz CT molecular complexity index is 628. The molecule has 0 fully saturated rings. The molecule has 0 saturated carbocycles. The third-order valence-electron chi connectivity index (χ3n) is 3.39. The van der Waals surface area contributed by atoms with Crippen LogP contribution >= 0.6 is 0 Å². The van der Waals surface area contributed by atoms with Crippen LogP contribution in [0.25, 0.3) is 0 Å². The Hall–Kier alpha value is -2.43. The van der Waals surface area contributed by atoms with Gasteiger partial charge in [-0.2, -0.15) is 0 Å². The summed E-state index contributed by atoms with van der Waals surface area (Å²) in [4.78, 5) is 15.0. The predicted octanol–water partition coefficient (Wildman–Crippen LogP) is 3.09. The summed E-state index contributed by atoms with van der Waals surface area (Å²) in [7, 11) is 0. The van der Waals surface area contributed by atoms with E-state index in [-0.39, 0.29) is 16.7 Å². The fraction of sp³-hybridized carbons (Fsp3) is 0.214. The van der Waals surface area contributed by atoms with E-state index in [2.05, 4.69) is 16.4 Å². The second-order valence-corrected chi connectivity index (χ2v) is 4.56. The normalized spacial score (nSPS) is 16.9. The number of hydrogen-bond acceptors (Lipinski definition) is 4. The summed E-state index contributed by atoms with van der Waals surface area (Å²) in [5.41, 5.74) is 2.88. The molecule has 96 valence electrons. The maximum absolute atomic E-state index is 11.0. The number of anilines is 1. The topological polar surface area (TPSA) is 68.1 Å². The number of nitrogens with zero attached hydrogens (tertiary/aromatic N) is 2. The average Bonchev–Trinajstić information content (AvgIpc) is 2.83. The van der Waals surface area contributed by atoms with Gasteiger partial charge in [0.2, 0.25) is 0 Å². The number of pyridine rings is 1. The fourth-order valence-electron chi connectivity index (χ4n) is 2.50. The Kier molecular flexibility index (Phi) is 2.87. The highest BCUT2D eigenvalue weighted by atomic mass is 16.6. The van der Waals surface area contributed by atoms with Gasteiger partial charge < -0.3 is 5.32 Å². The lowest BCUT2D eigenvalue weighted by atomic mass is 10.2. The number of fused-ring (bicyclic) bond motifs is 1. The Morgan fingerprint density at radius 3 is 2.95 bits per heavy atom. The zero-order chi connectivity index (χ0) is 13.2. The van der Waals surface area contributed by atoms with E-state index in [0.717, 1.165) is 18.5 Å². The van der Waals surface area contributed by atoms with E-state index in [1.807, 2.05) is 6.07 Å². The standard InChI is InChI=1S/C14H13N3O2/c18-17(19)13-6-2-1-5-11(13)16-12-8-7-10-4-3-9-15-14(10)12/h1-6,9,12,16H,7-8H2. The number of hydrogen-bond donors (Lipinski definition) is 1. The fourth-order valence-corrected chi connectivity index (χ4v) is 2.50. The molecule has 2 aromatic rings. The van der Waals surface area contributed by atoms with Crippen molar-refractivity contribution in [2.45, 2.75) is 18.9 Å². The minimum atomic E-state index is -0.364. The molecule has 1 atom stereocenters. The molecule has 5 nitrogen and oxygen atoms in total. The van der Waals surface area contributed by atoms with Crippen molar-refractivity contribution in [1.29, 1.82) is 0 Å². The summed E-state index contributed by atoms with van der Waals surface area (Å²) in [6.45, 7) is 0. The van der Waals surface area contributed by atoms with E-state index in [4.69, 9.17) is 0 Å². The van der Waals surface area contributed by atoms with Crippen molar-refractivity contribution in [3.8, 4) is 0 Å². The first-order valence-corrected chi connectivity index (χ1v) is 6.19. The molecule has 1 N–H and O–H groups in total. The third-order valence-corrected chi connectivity index (χ3v) is 3.39. The quantitative estimate of drug-likeness (QED) is 0.676. The third kappa shape index (κ3) is 2.14. The Morgan fingerprint density at radius 2 is 2.11 bits per heavy atom. The second kappa shape index (κ2) is 4.68. The van der Waals surface area contributed by atoms with Crippen LogP contribution in [0, 0.1) is 10.1 Å². The van der Waals surface area contributed by atoms with Crippen LogP contribution in [0.3, 0.4) is 0 Å². The number of nitrogens with one attached hydrogen (secondary N) is 1. The van der Waals surface area contributed by atoms with E-state index in [9.17, 15) is 10.1 Å². The summed E-state index contributed by atoms with van der Waals surface area (Å²) in [6, 6.07) is 10.7. The van der Waals surface area contributed by atoms with Crippen LogP contribution < -0.4 is 5.32 Å². The summed E-state index contributed by atoms with van der Waals surface area (Å²) >= 11 is 0. The van der Waals surface area contributed by atoms with Gasteiger partial charge in [0.25, 0.3) is 5.69 Å². The molecule has 0 radical (unpaired) electrons. The van der Waals surface area contributed by atoms with Gasteiger partial charge in [-0.05, 0) is 30.5 Å². The summed E-state index contributed by atoms with van der Waals surface area (Å²) in [5, 5.41) is 14.2. The number of benzene rings is 1. The SMILES string of the molecule is O=[N+]([O-])c1ccccc1NC1CCc2cccnc21. The van der Waals surface area contributed by atoms with Crippen molar-refractivity contribution in [3.05, 3.63) is 64.0 Å².